The van der Waals surface area contributed by atoms with E-state index in [4.69, 9.17) is 5.73 Å². The van der Waals surface area contributed by atoms with Crippen molar-refractivity contribution < 1.29 is 0 Å². The van der Waals surface area contributed by atoms with Gasteiger partial charge in [0, 0.05) is 37.6 Å². The fraction of sp³-hybridized carbons (Fsp3) is 0.643. The van der Waals surface area contributed by atoms with Gasteiger partial charge >= 0.3 is 0 Å². The lowest BCUT2D eigenvalue weighted by Crippen LogP contribution is -2.31. The molecule has 1 fully saturated rings. The molecule has 0 aromatic carbocycles. The number of likely N-dealkylation sites (tertiary alicyclic amines) is 1. The van der Waals surface area contributed by atoms with Gasteiger partial charge in [-0.25, -0.2) is 0 Å². The number of nitrogens with zero attached hydrogens (tertiary/aromatic N) is 3. The Balaban J connectivity index is 2.05. The molecule has 1 unspecified atom stereocenters. The van der Waals surface area contributed by atoms with Gasteiger partial charge in [-0.1, -0.05) is 0 Å². The molecule has 0 saturated carbocycles. The van der Waals surface area contributed by atoms with Gasteiger partial charge in [-0.2, -0.15) is 0 Å². The highest BCUT2D eigenvalue weighted by molar-refractivity contribution is 5.53. The van der Waals surface area contributed by atoms with Gasteiger partial charge in [-0.05, 0) is 45.5 Å². The lowest BCUT2D eigenvalue weighted by molar-refractivity contribution is 0.263. The van der Waals surface area contributed by atoms with Crippen LogP contribution in [0.1, 0.15) is 23.2 Å². The van der Waals surface area contributed by atoms with E-state index in [-0.39, 0.29) is 0 Å². The van der Waals surface area contributed by atoms with Crippen molar-refractivity contribution in [1.82, 2.24) is 14.8 Å². The molecule has 0 aliphatic carbocycles. The predicted molar refractivity (Wildman–Crippen MR) is 75.5 cm³/mol. The van der Waals surface area contributed by atoms with Crippen molar-refractivity contribution in [3.63, 3.8) is 0 Å². The van der Waals surface area contributed by atoms with Crippen molar-refractivity contribution in [2.45, 2.75) is 32.9 Å². The van der Waals surface area contributed by atoms with E-state index in [0.29, 0.717) is 6.04 Å². The Morgan fingerprint density at radius 1 is 1.44 bits per heavy atom. The SMILES string of the molecule is Cc1cnc(CN2CCC(N(C)C)C2)c(C)c1N. The second-order valence-electron chi connectivity index (χ2n) is 5.57. The number of nitrogen functional groups attached to an aromatic ring is 1. The molecule has 18 heavy (non-hydrogen) atoms. The van der Waals surface area contributed by atoms with Gasteiger partial charge in [0.15, 0.2) is 0 Å². The minimum atomic E-state index is 0.674. The Labute approximate surface area is 110 Å². The molecule has 0 radical (unpaired) electrons. The molecular weight excluding hydrogens is 224 g/mol. The van der Waals surface area contributed by atoms with Crippen LogP contribution in [-0.4, -0.2) is 48.0 Å². The molecule has 2 N–H and O–H groups in total. The fourth-order valence-corrected chi connectivity index (χ4v) is 2.54. The predicted octanol–water partition coefficient (Wildman–Crippen LogP) is 1.42. The molecule has 1 atom stereocenters. The molecule has 0 spiro atoms. The van der Waals surface area contributed by atoms with Crippen LogP contribution in [0.4, 0.5) is 5.69 Å². The summed E-state index contributed by atoms with van der Waals surface area (Å²) in [6.45, 7) is 7.28. The Kier molecular flexibility index (Phi) is 3.88. The van der Waals surface area contributed by atoms with Crippen molar-refractivity contribution in [1.29, 1.82) is 0 Å². The number of pyridine rings is 1. The zero-order valence-electron chi connectivity index (χ0n) is 11.9. The molecule has 2 heterocycles. The van der Waals surface area contributed by atoms with E-state index in [1.54, 1.807) is 0 Å². The van der Waals surface area contributed by atoms with E-state index in [9.17, 15) is 0 Å². The molecule has 1 aromatic rings. The lowest BCUT2D eigenvalue weighted by atomic mass is 10.1. The number of aryl methyl sites for hydroxylation is 1. The quantitative estimate of drug-likeness (QED) is 0.878. The van der Waals surface area contributed by atoms with Gasteiger partial charge in [0.1, 0.15) is 0 Å². The molecule has 1 aromatic heterocycles. The van der Waals surface area contributed by atoms with Gasteiger partial charge in [0.05, 0.1) is 5.69 Å². The number of anilines is 1. The second kappa shape index (κ2) is 5.24. The van der Waals surface area contributed by atoms with Crippen LogP contribution in [-0.2, 0) is 6.54 Å². The van der Waals surface area contributed by atoms with Crippen LogP contribution in [0.15, 0.2) is 6.20 Å². The van der Waals surface area contributed by atoms with Crippen molar-refractivity contribution >= 4 is 5.69 Å². The van der Waals surface area contributed by atoms with Crippen LogP contribution in [0.3, 0.4) is 0 Å². The monoisotopic (exact) mass is 248 g/mol. The Bertz CT molecular complexity index is 428. The average molecular weight is 248 g/mol. The van der Waals surface area contributed by atoms with Crippen LogP contribution in [0.5, 0.6) is 0 Å². The molecule has 2 rings (SSSR count). The summed E-state index contributed by atoms with van der Waals surface area (Å²) in [5.74, 6) is 0. The smallest absolute Gasteiger partial charge is 0.0593 e. The lowest BCUT2D eigenvalue weighted by Gasteiger charge is -2.21. The van der Waals surface area contributed by atoms with Crippen molar-refractivity contribution in [2.24, 2.45) is 0 Å². The van der Waals surface area contributed by atoms with Gasteiger partial charge in [0.2, 0.25) is 0 Å². The number of rotatable bonds is 3. The van der Waals surface area contributed by atoms with Crippen molar-refractivity contribution in [3.05, 3.63) is 23.0 Å². The maximum atomic E-state index is 6.07. The van der Waals surface area contributed by atoms with E-state index in [0.717, 1.165) is 42.1 Å². The highest BCUT2D eigenvalue weighted by atomic mass is 15.2. The van der Waals surface area contributed by atoms with Crippen LogP contribution in [0, 0.1) is 13.8 Å². The number of aromatic nitrogens is 1. The Hall–Kier alpha value is -1.13. The van der Waals surface area contributed by atoms with Crippen molar-refractivity contribution in [2.75, 3.05) is 32.9 Å². The van der Waals surface area contributed by atoms with Crippen LogP contribution < -0.4 is 5.73 Å². The first-order chi connectivity index (χ1) is 8.49. The maximum absolute atomic E-state index is 6.07. The first-order valence-electron chi connectivity index (χ1n) is 6.58. The first-order valence-corrected chi connectivity index (χ1v) is 6.58. The van der Waals surface area contributed by atoms with E-state index in [1.807, 2.05) is 13.1 Å². The van der Waals surface area contributed by atoms with Crippen molar-refractivity contribution in [3.8, 4) is 0 Å². The van der Waals surface area contributed by atoms with Gasteiger partial charge in [-0.3, -0.25) is 9.88 Å². The standard InChI is InChI=1S/C14H24N4/c1-10-7-16-13(11(2)14(10)15)9-18-6-5-12(8-18)17(3)4/h7,12H,5-6,8-9H2,1-4H3,(H2,15,16). The van der Waals surface area contributed by atoms with Gasteiger partial charge in [0.25, 0.3) is 0 Å². The molecular formula is C14H24N4. The normalized spacial score (nSPS) is 20.8. The number of hydrogen-bond donors (Lipinski definition) is 1. The molecule has 1 saturated heterocycles. The summed E-state index contributed by atoms with van der Waals surface area (Å²) in [5.41, 5.74) is 10.3. The van der Waals surface area contributed by atoms with Crippen LogP contribution in [0.25, 0.3) is 0 Å². The Morgan fingerprint density at radius 2 is 2.17 bits per heavy atom. The largest absolute Gasteiger partial charge is 0.398 e. The molecule has 0 bridgehead atoms. The highest BCUT2D eigenvalue weighted by Gasteiger charge is 2.24. The third kappa shape index (κ3) is 2.65. The summed E-state index contributed by atoms with van der Waals surface area (Å²) in [4.78, 5) is 9.31. The van der Waals surface area contributed by atoms with E-state index in [2.05, 4.69) is 35.8 Å². The first kappa shape index (κ1) is 13.3. The minimum absolute atomic E-state index is 0.674. The summed E-state index contributed by atoms with van der Waals surface area (Å²) in [5, 5.41) is 0. The zero-order valence-corrected chi connectivity index (χ0v) is 11.9. The minimum Gasteiger partial charge on any atom is -0.398 e. The second-order valence-corrected chi connectivity index (χ2v) is 5.57. The topological polar surface area (TPSA) is 45.4 Å². The number of likely N-dealkylation sites (N-methyl/N-ethyl adjacent to an activating group) is 1. The van der Waals surface area contributed by atoms with Gasteiger partial charge < -0.3 is 10.6 Å². The van der Waals surface area contributed by atoms with E-state index < -0.39 is 0 Å². The van der Waals surface area contributed by atoms with Gasteiger partial charge in [-0.15, -0.1) is 0 Å². The molecule has 0 amide bonds. The highest BCUT2D eigenvalue weighted by Crippen LogP contribution is 2.21. The average Bonchev–Trinajstić information content (AvgIpc) is 2.79. The molecule has 1 aliphatic rings. The summed E-state index contributed by atoms with van der Waals surface area (Å²) in [7, 11) is 4.31. The fourth-order valence-electron chi connectivity index (χ4n) is 2.54. The third-order valence-electron chi connectivity index (χ3n) is 4.03. The summed E-state index contributed by atoms with van der Waals surface area (Å²) in [6.07, 6.45) is 3.13. The molecule has 100 valence electrons. The zero-order chi connectivity index (χ0) is 13.3. The summed E-state index contributed by atoms with van der Waals surface area (Å²) >= 11 is 0. The molecule has 4 heteroatoms. The number of hydrogen-bond acceptors (Lipinski definition) is 4. The Morgan fingerprint density at radius 3 is 2.78 bits per heavy atom. The van der Waals surface area contributed by atoms with E-state index in [1.165, 1.54) is 6.42 Å². The van der Waals surface area contributed by atoms with E-state index >= 15 is 0 Å². The van der Waals surface area contributed by atoms with Crippen LogP contribution in [0.2, 0.25) is 0 Å². The maximum Gasteiger partial charge on any atom is 0.0593 e. The summed E-state index contributed by atoms with van der Waals surface area (Å²) in [6, 6.07) is 0.674. The molecule has 1 aliphatic heterocycles. The number of nitrogens with two attached hydrogens (primary N) is 1. The molecule has 4 nitrogen and oxygen atoms in total. The van der Waals surface area contributed by atoms with Crippen LogP contribution >= 0.6 is 0 Å². The third-order valence-corrected chi connectivity index (χ3v) is 4.03. The summed E-state index contributed by atoms with van der Waals surface area (Å²) < 4.78 is 0.